The average molecular weight is 248 g/mol. The van der Waals surface area contributed by atoms with E-state index >= 15 is 0 Å². The highest BCUT2D eigenvalue weighted by Crippen LogP contribution is 2.47. The van der Waals surface area contributed by atoms with Crippen LogP contribution in [0.5, 0.6) is 5.75 Å². The van der Waals surface area contributed by atoms with Gasteiger partial charge in [0.05, 0.1) is 5.56 Å². The molecule has 1 fully saturated rings. The standard InChI is InChI=1S/C13H12O5/c14-8-3-1-2-7-11(8)9(15)4-5-13(7)6-10(16)12(17)18-13/h1-3,10,14,16H,4-6H2/t10-,13+/m1/s1. The van der Waals surface area contributed by atoms with Gasteiger partial charge in [-0.2, -0.15) is 0 Å². The van der Waals surface area contributed by atoms with E-state index < -0.39 is 17.7 Å². The van der Waals surface area contributed by atoms with Crippen molar-refractivity contribution in [2.24, 2.45) is 0 Å². The number of carbonyl (C=O) groups is 2. The number of carbonyl (C=O) groups excluding carboxylic acids is 2. The number of aliphatic hydroxyl groups is 1. The topological polar surface area (TPSA) is 83.8 Å². The summed E-state index contributed by atoms with van der Waals surface area (Å²) in [4.78, 5) is 23.3. The maximum Gasteiger partial charge on any atom is 0.336 e. The van der Waals surface area contributed by atoms with Gasteiger partial charge in [-0.1, -0.05) is 12.1 Å². The highest BCUT2D eigenvalue weighted by atomic mass is 16.6. The molecule has 0 saturated carbocycles. The average Bonchev–Trinajstić information content (AvgIpc) is 2.61. The first-order valence-electron chi connectivity index (χ1n) is 5.80. The number of esters is 1. The molecule has 2 N–H and O–H groups in total. The molecule has 1 aromatic carbocycles. The molecule has 5 nitrogen and oxygen atoms in total. The highest BCUT2D eigenvalue weighted by Gasteiger charge is 2.51. The number of rotatable bonds is 0. The van der Waals surface area contributed by atoms with Gasteiger partial charge < -0.3 is 14.9 Å². The zero-order chi connectivity index (χ0) is 12.9. The summed E-state index contributed by atoms with van der Waals surface area (Å²) in [5.41, 5.74) is -0.243. The molecule has 18 heavy (non-hydrogen) atoms. The zero-order valence-electron chi connectivity index (χ0n) is 9.55. The van der Waals surface area contributed by atoms with Crippen molar-refractivity contribution >= 4 is 11.8 Å². The summed E-state index contributed by atoms with van der Waals surface area (Å²) in [7, 11) is 0. The van der Waals surface area contributed by atoms with E-state index in [1.165, 1.54) is 6.07 Å². The van der Waals surface area contributed by atoms with Gasteiger partial charge in [-0.05, 0) is 12.5 Å². The fraction of sp³-hybridized carbons (Fsp3) is 0.385. The van der Waals surface area contributed by atoms with Gasteiger partial charge in [0.25, 0.3) is 0 Å². The molecule has 1 aliphatic heterocycles. The first-order valence-corrected chi connectivity index (χ1v) is 5.80. The third-order valence-electron chi connectivity index (χ3n) is 3.66. The zero-order valence-corrected chi connectivity index (χ0v) is 9.55. The lowest BCUT2D eigenvalue weighted by Crippen LogP contribution is -2.33. The molecule has 1 heterocycles. The predicted molar refractivity (Wildman–Crippen MR) is 60.1 cm³/mol. The van der Waals surface area contributed by atoms with Crippen molar-refractivity contribution in [2.45, 2.75) is 31.0 Å². The summed E-state index contributed by atoms with van der Waals surface area (Å²) in [6.45, 7) is 0. The first kappa shape index (κ1) is 11.2. The molecule has 0 aromatic heterocycles. The van der Waals surface area contributed by atoms with Gasteiger partial charge in [-0.3, -0.25) is 4.79 Å². The minimum absolute atomic E-state index is 0.103. The van der Waals surface area contributed by atoms with Gasteiger partial charge in [-0.15, -0.1) is 0 Å². The quantitative estimate of drug-likeness (QED) is 0.665. The SMILES string of the molecule is O=C1CC[C@]2(C[C@@H](O)C(=O)O2)c2cccc(O)c21. The van der Waals surface area contributed by atoms with Crippen molar-refractivity contribution in [3.05, 3.63) is 29.3 Å². The van der Waals surface area contributed by atoms with Gasteiger partial charge in [0.1, 0.15) is 11.4 Å². The van der Waals surface area contributed by atoms with Gasteiger partial charge >= 0.3 is 5.97 Å². The Balaban J connectivity index is 2.18. The number of aromatic hydroxyl groups is 1. The lowest BCUT2D eigenvalue weighted by atomic mass is 9.76. The van der Waals surface area contributed by atoms with Crippen LogP contribution < -0.4 is 0 Å². The molecular formula is C13H12O5. The number of hydrogen-bond acceptors (Lipinski definition) is 5. The number of ketones is 1. The van der Waals surface area contributed by atoms with Crippen molar-refractivity contribution in [1.29, 1.82) is 0 Å². The summed E-state index contributed by atoms with van der Waals surface area (Å²) in [5.74, 6) is -0.932. The van der Waals surface area contributed by atoms with E-state index in [1.807, 2.05) is 0 Å². The van der Waals surface area contributed by atoms with E-state index in [0.29, 0.717) is 12.0 Å². The molecule has 2 atom stereocenters. The van der Waals surface area contributed by atoms with E-state index in [-0.39, 0.29) is 29.9 Å². The molecule has 1 aromatic rings. The van der Waals surface area contributed by atoms with Crippen LogP contribution in [0.25, 0.3) is 0 Å². The number of fused-ring (bicyclic) bond motifs is 2. The Labute approximate surface area is 103 Å². The Morgan fingerprint density at radius 1 is 1.33 bits per heavy atom. The molecule has 5 heteroatoms. The van der Waals surface area contributed by atoms with Crippen LogP contribution in [0, 0.1) is 0 Å². The summed E-state index contributed by atoms with van der Waals surface area (Å²) < 4.78 is 5.28. The number of phenols is 1. The fourth-order valence-electron chi connectivity index (χ4n) is 2.80. The second-order valence-electron chi connectivity index (χ2n) is 4.76. The smallest absolute Gasteiger partial charge is 0.336 e. The molecule has 3 rings (SSSR count). The second-order valence-corrected chi connectivity index (χ2v) is 4.76. The summed E-state index contributed by atoms with van der Waals surface area (Å²) >= 11 is 0. The van der Waals surface area contributed by atoms with E-state index in [4.69, 9.17) is 4.74 Å². The molecule has 0 amide bonds. The first-order chi connectivity index (χ1) is 8.53. The van der Waals surface area contributed by atoms with Crippen LogP contribution in [0.3, 0.4) is 0 Å². The summed E-state index contributed by atoms with van der Waals surface area (Å²) in [6.07, 6.45) is -0.473. The third kappa shape index (κ3) is 1.37. The Morgan fingerprint density at radius 3 is 2.78 bits per heavy atom. The minimum Gasteiger partial charge on any atom is -0.507 e. The predicted octanol–water partition coefficient (Wildman–Crippen LogP) is 0.872. The Morgan fingerprint density at radius 2 is 2.11 bits per heavy atom. The molecule has 0 unspecified atom stereocenters. The van der Waals surface area contributed by atoms with Crippen LogP contribution in [-0.2, 0) is 15.1 Å². The van der Waals surface area contributed by atoms with Crippen molar-refractivity contribution in [1.82, 2.24) is 0 Å². The molecule has 0 bridgehead atoms. The Hall–Kier alpha value is -1.88. The van der Waals surface area contributed by atoms with E-state index in [1.54, 1.807) is 12.1 Å². The molecule has 1 spiro atoms. The van der Waals surface area contributed by atoms with Gasteiger partial charge in [-0.25, -0.2) is 4.79 Å². The molecule has 2 aliphatic rings. The van der Waals surface area contributed by atoms with E-state index in [0.717, 1.165) is 0 Å². The van der Waals surface area contributed by atoms with Gasteiger partial charge in [0, 0.05) is 18.4 Å². The number of hydrogen-bond donors (Lipinski definition) is 2. The lowest BCUT2D eigenvalue weighted by Gasteiger charge is -2.33. The number of benzene rings is 1. The molecule has 1 saturated heterocycles. The number of ether oxygens (including phenoxy) is 1. The van der Waals surface area contributed by atoms with Crippen LogP contribution in [0.15, 0.2) is 18.2 Å². The van der Waals surface area contributed by atoms with Crippen LogP contribution in [0.4, 0.5) is 0 Å². The lowest BCUT2D eigenvalue weighted by molar-refractivity contribution is -0.154. The van der Waals surface area contributed by atoms with Crippen molar-refractivity contribution < 1.29 is 24.5 Å². The van der Waals surface area contributed by atoms with E-state index in [9.17, 15) is 19.8 Å². The third-order valence-corrected chi connectivity index (χ3v) is 3.66. The molecule has 0 radical (unpaired) electrons. The number of aliphatic hydroxyl groups excluding tert-OH is 1. The van der Waals surface area contributed by atoms with Gasteiger partial charge in [0.2, 0.25) is 0 Å². The van der Waals surface area contributed by atoms with Crippen molar-refractivity contribution in [3.8, 4) is 5.75 Å². The van der Waals surface area contributed by atoms with Crippen LogP contribution >= 0.6 is 0 Å². The fourth-order valence-corrected chi connectivity index (χ4v) is 2.80. The van der Waals surface area contributed by atoms with E-state index in [2.05, 4.69) is 0 Å². The number of Topliss-reactive ketones (excluding diaryl/α,β-unsaturated/α-hetero) is 1. The highest BCUT2D eigenvalue weighted by molar-refractivity contribution is 6.01. The van der Waals surface area contributed by atoms with Gasteiger partial charge in [0.15, 0.2) is 11.9 Å². The normalized spacial score (nSPS) is 30.4. The molecule has 1 aliphatic carbocycles. The van der Waals surface area contributed by atoms with Crippen molar-refractivity contribution in [3.63, 3.8) is 0 Å². The summed E-state index contributed by atoms with van der Waals surface area (Å²) in [5, 5.41) is 19.3. The maximum atomic E-state index is 11.8. The Bertz CT molecular complexity index is 550. The Kier molecular flexibility index (Phi) is 2.22. The molecule has 94 valence electrons. The monoisotopic (exact) mass is 248 g/mol. The number of phenolic OH excluding ortho intramolecular Hbond substituents is 1. The largest absolute Gasteiger partial charge is 0.507 e. The molecular weight excluding hydrogens is 236 g/mol. The van der Waals surface area contributed by atoms with Crippen LogP contribution in [0.1, 0.15) is 35.2 Å². The second kappa shape index (κ2) is 3.55. The summed E-state index contributed by atoms with van der Waals surface area (Å²) in [6, 6.07) is 4.70. The van der Waals surface area contributed by atoms with Crippen LogP contribution in [-0.4, -0.2) is 28.1 Å². The maximum absolute atomic E-state index is 11.8. The minimum atomic E-state index is -1.16. The van der Waals surface area contributed by atoms with Crippen LogP contribution in [0.2, 0.25) is 0 Å². The van der Waals surface area contributed by atoms with Crippen molar-refractivity contribution in [2.75, 3.05) is 0 Å².